The first-order valence-electron chi connectivity index (χ1n) is 8.37. The summed E-state index contributed by atoms with van der Waals surface area (Å²) in [5.41, 5.74) is -3.10. The Kier molecular flexibility index (Phi) is 3.98. The van der Waals surface area contributed by atoms with Crippen LogP contribution in [0.4, 0.5) is 0 Å². The fourth-order valence-electron chi connectivity index (χ4n) is 5.39. The summed E-state index contributed by atoms with van der Waals surface area (Å²) in [6, 6.07) is 0. The zero-order valence-corrected chi connectivity index (χ0v) is 16.1. The molecule has 4 fully saturated rings. The van der Waals surface area contributed by atoms with Crippen LogP contribution in [0.1, 0.15) is 58.8 Å². The molecule has 0 aromatic carbocycles. The molecule has 0 saturated heterocycles. The van der Waals surface area contributed by atoms with Crippen molar-refractivity contribution in [2.24, 2.45) is 16.7 Å². The third-order valence-electron chi connectivity index (χ3n) is 6.32. The largest absolute Gasteiger partial charge is 0.481 e. The highest BCUT2D eigenvalue weighted by atomic mass is 127. The smallest absolute Gasteiger partial charge is 0.322 e. The molecule has 134 valence electrons. The molecule has 6 nitrogen and oxygen atoms in total. The van der Waals surface area contributed by atoms with Gasteiger partial charge in [0.15, 0.2) is 0 Å². The van der Waals surface area contributed by atoms with Crippen molar-refractivity contribution in [2.45, 2.75) is 67.8 Å². The molecule has 4 aliphatic rings. The summed E-state index contributed by atoms with van der Waals surface area (Å²) in [6.07, 6.45) is 2.79. The predicted octanol–water partition coefficient (Wildman–Crippen LogP) is 3.01. The molecule has 3 unspecified atom stereocenters. The molecule has 7 heteroatoms. The van der Waals surface area contributed by atoms with Crippen LogP contribution >= 0.6 is 22.6 Å². The van der Waals surface area contributed by atoms with Gasteiger partial charge in [0.05, 0.1) is 10.8 Å². The van der Waals surface area contributed by atoms with Crippen LogP contribution in [0.5, 0.6) is 0 Å². The summed E-state index contributed by atoms with van der Waals surface area (Å²) < 4.78 is 5.20. The Labute approximate surface area is 154 Å². The van der Waals surface area contributed by atoms with E-state index in [-0.39, 0.29) is 31.1 Å². The average molecular weight is 450 g/mol. The van der Waals surface area contributed by atoms with Gasteiger partial charge in [-0.1, -0.05) is 29.5 Å². The Morgan fingerprint density at radius 3 is 2.00 bits per heavy atom. The minimum Gasteiger partial charge on any atom is -0.481 e. The van der Waals surface area contributed by atoms with Crippen molar-refractivity contribution in [3.63, 3.8) is 0 Å². The maximum absolute atomic E-state index is 12.6. The fourth-order valence-corrected chi connectivity index (χ4v) is 5.50. The summed E-state index contributed by atoms with van der Waals surface area (Å²) in [7, 11) is 0. The summed E-state index contributed by atoms with van der Waals surface area (Å²) in [5, 5.41) is 19.6. The lowest BCUT2D eigenvalue weighted by molar-refractivity contribution is -0.232. The van der Waals surface area contributed by atoms with E-state index < -0.39 is 31.8 Å². The lowest BCUT2D eigenvalue weighted by Gasteiger charge is -2.62. The Balaban J connectivity index is 1.98. The molecule has 0 spiro atoms. The summed E-state index contributed by atoms with van der Waals surface area (Å²) >= 11 is 2.05. The number of esters is 1. The van der Waals surface area contributed by atoms with Gasteiger partial charge in [-0.05, 0) is 44.9 Å². The van der Waals surface area contributed by atoms with E-state index in [1.165, 1.54) is 0 Å². The summed E-state index contributed by atoms with van der Waals surface area (Å²) in [6.45, 7) is 3.68. The normalized spacial score (nSPS) is 42.4. The SMILES string of the molecule is CCC(C)(I)C(=O)OC12CC3CC(C(=O)O)(C1)CC(C(=O)O)(C3)C2. The van der Waals surface area contributed by atoms with Crippen LogP contribution in [0, 0.1) is 16.7 Å². The van der Waals surface area contributed by atoms with Gasteiger partial charge in [0.1, 0.15) is 9.02 Å². The Bertz CT molecular complexity index is 582. The quantitative estimate of drug-likeness (QED) is 0.380. The molecular formula is C17H23IO6. The minimum absolute atomic E-state index is 0.0108. The Morgan fingerprint density at radius 1 is 1.08 bits per heavy atom. The van der Waals surface area contributed by atoms with Gasteiger partial charge in [-0.2, -0.15) is 0 Å². The molecule has 4 bridgehead atoms. The first-order valence-corrected chi connectivity index (χ1v) is 9.45. The molecular weight excluding hydrogens is 427 g/mol. The minimum atomic E-state index is -1.08. The number of alkyl halides is 1. The zero-order valence-electron chi connectivity index (χ0n) is 13.9. The summed E-state index contributed by atoms with van der Waals surface area (Å²) in [4.78, 5) is 36.5. The molecule has 0 aromatic rings. The van der Waals surface area contributed by atoms with Crippen LogP contribution in [0.3, 0.4) is 0 Å². The van der Waals surface area contributed by atoms with Crippen molar-refractivity contribution in [2.75, 3.05) is 0 Å². The Hall–Kier alpha value is -0.860. The van der Waals surface area contributed by atoms with E-state index in [0.717, 1.165) is 0 Å². The van der Waals surface area contributed by atoms with Crippen LogP contribution in [0.15, 0.2) is 0 Å². The molecule has 24 heavy (non-hydrogen) atoms. The van der Waals surface area contributed by atoms with Crippen molar-refractivity contribution in [3.8, 4) is 0 Å². The molecule has 2 N–H and O–H groups in total. The fraction of sp³-hybridized carbons (Fsp3) is 0.824. The molecule has 4 rings (SSSR count). The van der Waals surface area contributed by atoms with Crippen molar-refractivity contribution in [1.82, 2.24) is 0 Å². The molecule has 3 atom stereocenters. The van der Waals surface area contributed by atoms with Crippen molar-refractivity contribution in [1.29, 1.82) is 0 Å². The monoisotopic (exact) mass is 450 g/mol. The highest BCUT2D eigenvalue weighted by Crippen LogP contribution is 2.68. The van der Waals surface area contributed by atoms with Gasteiger partial charge in [-0.15, -0.1) is 0 Å². The van der Waals surface area contributed by atoms with Gasteiger partial charge < -0.3 is 14.9 Å². The van der Waals surface area contributed by atoms with E-state index >= 15 is 0 Å². The van der Waals surface area contributed by atoms with E-state index in [2.05, 4.69) is 22.6 Å². The number of carboxylic acids is 2. The van der Waals surface area contributed by atoms with Gasteiger partial charge >= 0.3 is 17.9 Å². The number of ether oxygens (including phenoxy) is 1. The molecule has 0 aliphatic heterocycles. The van der Waals surface area contributed by atoms with Gasteiger partial charge in [-0.25, -0.2) is 0 Å². The number of rotatable bonds is 5. The second-order valence-electron chi connectivity index (χ2n) is 8.30. The lowest BCUT2D eigenvalue weighted by atomic mass is 9.42. The third kappa shape index (κ3) is 2.54. The highest BCUT2D eigenvalue weighted by Gasteiger charge is 2.70. The number of aliphatic carboxylic acids is 2. The van der Waals surface area contributed by atoms with Gasteiger partial charge in [0.25, 0.3) is 0 Å². The number of carboxylic acid groups (broad SMARTS) is 2. The van der Waals surface area contributed by atoms with Gasteiger partial charge in [0, 0.05) is 12.8 Å². The van der Waals surface area contributed by atoms with Crippen LogP contribution < -0.4 is 0 Å². The number of carbonyl (C=O) groups is 3. The number of halogens is 1. The zero-order chi connectivity index (χ0) is 18.0. The Morgan fingerprint density at radius 2 is 1.58 bits per heavy atom. The van der Waals surface area contributed by atoms with Crippen molar-refractivity contribution in [3.05, 3.63) is 0 Å². The predicted molar refractivity (Wildman–Crippen MR) is 92.9 cm³/mol. The van der Waals surface area contributed by atoms with Gasteiger partial charge in [0.2, 0.25) is 0 Å². The number of carbonyl (C=O) groups excluding carboxylic acids is 1. The summed E-state index contributed by atoms with van der Waals surface area (Å²) in [5.74, 6) is -2.28. The van der Waals surface area contributed by atoms with E-state index in [1.54, 1.807) is 6.92 Å². The number of hydrogen-bond acceptors (Lipinski definition) is 4. The maximum atomic E-state index is 12.6. The number of hydrogen-bond donors (Lipinski definition) is 2. The second kappa shape index (κ2) is 5.32. The highest BCUT2D eigenvalue weighted by molar-refractivity contribution is 14.1. The van der Waals surface area contributed by atoms with Crippen LogP contribution in [0.25, 0.3) is 0 Å². The standard InChI is InChI=1S/C17H23IO6/c1-3-14(2,18)13(23)24-17-6-10-4-15(8-17,11(19)20)7-16(5-10,9-17)12(21)22/h10H,3-9H2,1-2H3,(H,19,20)(H,21,22). The van der Waals surface area contributed by atoms with Gasteiger partial charge in [-0.3, -0.25) is 14.4 Å². The van der Waals surface area contributed by atoms with E-state index in [9.17, 15) is 24.6 Å². The topological polar surface area (TPSA) is 101 Å². The molecule has 0 radical (unpaired) electrons. The average Bonchev–Trinajstić information content (AvgIpc) is 2.45. The maximum Gasteiger partial charge on any atom is 0.322 e. The van der Waals surface area contributed by atoms with E-state index in [0.29, 0.717) is 25.7 Å². The van der Waals surface area contributed by atoms with Crippen LogP contribution in [-0.2, 0) is 19.1 Å². The molecule has 0 aromatic heterocycles. The van der Waals surface area contributed by atoms with E-state index in [1.807, 2.05) is 6.92 Å². The first-order chi connectivity index (χ1) is 11.0. The van der Waals surface area contributed by atoms with E-state index in [4.69, 9.17) is 4.74 Å². The third-order valence-corrected chi connectivity index (χ3v) is 7.53. The van der Waals surface area contributed by atoms with Crippen molar-refractivity contribution >= 4 is 40.5 Å². The molecule has 0 amide bonds. The first kappa shape index (κ1) is 17.9. The van der Waals surface area contributed by atoms with Crippen molar-refractivity contribution < 1.29 is 29.3 Å². The van der Waals surface area contributed by atoms with Crippen LogP contribution in [-0.4, -0.2) is 37.1 Å². The molecule has 4 saturated carbocycles. The molecule has 0 heterocycles. The molecule has 4 aliphatic carbocycles. The van der Waals surface area contributed by atoms with Crippen LogP contribution in [0.2, 0.25) is 0 Å². The second-order valence-corrected chi connectivity index (χ2v) is 10.7. The lowest BCUT2D eigenvalue weighted by Crippen LogP contribution is -2.65.